The number of rotatable bonds is 0. The molecule has 7 heavy (non-hydrogen) atoms. The first-order valence-corrected chi connectivity index (χ1v) is 2.03. The van der Waals surface area contributed by atoms with E-state index in [0.29, 0.717) is 13.2 Å². The van der Waals surface area contributed by atoms with E-state index < -0.39 is 0 Å². The second-order valence-electron chi connectivity index (χ2n) is 1.18. The van der Waals surface area contributed by atoms with Crippen molar-refractivity contribution in [2.45, 2.75) is 0 Å². The summed E-state index contributed by atoms with van der Waals surface area (Å²) in [7, 11) is 0. The summed E-state index contributed by atoms with van der Waals surface area (Å²) in [6, 6.07) is 0. The Morgan fingerprint density at radius 1 is 1.57 bits per heavy atom. The van der Waals surface area contributed by atoms with Crippen LogP contribution in [0, 0.1) is 0 Å². The van der Waals surface area contributed by atoms with Gasteiger partial charge in [-0.25, -0.2) is 0 Å². The van der Waals surface area contributed by atoms with Crippen LogP contribution in [0.1, 0.15) is 0 Å². The maximum Gasteiger partial charge on any atom is 0.313 e. The van der Waals surface area contributed by atoms with E-state index >= 15 is 0 Å². The van der Waals surface area contributed by atoms with Gasteiger partial charge in [-0.15, -0.1) is 0 Å². The van der Waals surface area contributed by atoms with Crippen molar-refractivity contribution < 1.29 is 14.6 Å². The Kier molecular flexibility index (Phi) is 1.06. The highest BCUT2D eigenvalue weighted by molar-refractivity contribution is 4.74. The summed E-state index contributed by atoms with van der Waals surface area (Å²) in [5.41, 5.74) is 0. The van der Waals surface area contributed by atoms with Crippen molar-refractivity contribution in [2.24, 2.45) is 0 Å². The summed E-state index contributed by atoms with van der Waals surface area (Å²) in [5.74, 6) is -0.133. The van der Waals surface area contributed by atoms with Crippen molar-refractivity contribution >= 4 is 0 Å². The molecule has 0 saturated heterocycles. The SMILES string of the molecule is OC1=COCCO1. The number of ether oxygens (including phenoxy) is 2. The average molecular weight is 102 g/mol. The molecule has 0 bridgehead atoms. The molecule has 0 aromatic heterocycles. The van der Waals surface area contributed by atoms with E-state index in [4.69, 9.17) is 5.11 Å². The topological polar surface area (TPSA) is 38.7 Å². The monoisotopic (exact) mass is 102 g/mol. The highest BCUT2D eigenvalue weighted by Crippen LogP contribution is 1.97. The predicted molar refractivity (Wildman–Crippen MR) is 22.6 cm³/mol. The zero-order valence-electron chi connectivity index (χ0n) is 3.76. The first kappa shape index (κ1) is 4.30. The summed E-state index contributed by atoms with van der Waals surface area (Å²) in [4.78, 5) is 0. The van der Waals surface area contributed by atoms with Gasteiger partial charge >= 0.3 is 5.95 Å². The molecule has 0 fully saturated rings. The number of aliphatic hydroxyl groups is 1. The Balaban J connectivity index is 2.40. The lowest BCUT2D eigenvalue weighted by Gasteiger charge is -2.08. The quantitative estimate of drug-likeness (QED) is 0.480. The third-order valence-corrected chi connectivity index (χ3v) is 0.635. The zero-order chi connectivity index (χ0) is 5.11. The van der Waals surface area contributed by atoms with Gasteiger partial charge in [-0.2, -0.15) is 0 Å². The van der Waals surface area contributed by atoms with Crippen molar-refractivity contribution in [2.75, 3.05) is 13.2 Å². The lowest BCUT2D eigenvalue weighted by molar-refractivity contribution is 0.0143. The van der Waals surface area contributed by atoms with Crippen LogP contribution in [0.4, 0.5) is 0 Å². The maximum atomic E-state index is 8.42. The standard InChI is InChI=1S/C4H6O3/c5-4-3-6-1-2-7-4/h3,5H,1-2H2. The zero-order valence-corrected chi connectivity index (χ0v) is 3.76. The van der Waals surface area contributed by atoms with Crippen LogP contribution in [0.25, 0.3) is 0 Å². The maximum absolute atomic E-state index is 8.42. The van der Waals surface area contributed by atoms with Gasteiger partial charge in [0.2, 0.25) is 0 Å². The molecule has 0 aromatic carbocycles. The Labute approximate surface area is 41.2 Å². The van der Waals surface area contributed by atoms with E-state index in [-0.39, 0.29) is 5.95 Å². The van der Waals surface area contributed by atoms with Crippen LogP contribution in [0.15, 0.2) is 12.2 Å². The number of hydrogen-bond donors (Lipinski definition) is 1. The van der Waals surface area contributed by atoms with Crippen molar-refractivity contribution in [1.29, 1.82) is 0 Å². The fourth-order valence-electron chi connectivity index (χ4n) is 0.359. The molecule has 40 valence electrons. The molecule has 0 spiro atoms. The molecule has 1 N–H and O–H groups in total. The molecule has 3 heteroatoms. The molecule has 0 atom stereocenters. The summed E-state index contributed by atoms with van der Waals surface area (Å²) < 4.78 is 9.21. The minimum atomic E-state index is -0.133. The van der Waals surface area contributed by atoms with E-state index in [2.05, 4.69) is 9.47 Å². The molecular weight excluding hydrogens is 96.0 g/mol. The van der Waals surface area contributed by atoms with Crippen molar-refractivity contribution in [3.05, 3.63) is 12.2 Å². The van der Waals surface area contributed by atoms with Crippen LogP contribution in [0.5, 0.6) is 0 Å². The van der Waals surface area contributed by atoms with Crippen molar-refractivity contribution in [3.63, 3.8) is 0 Å². The van der Waals surface area contributed by atoms with Gasteiger partial charge < -0.3 is 14.6 Å². The van der Waals surface area contributed by atoms with Crippen LogP contribution in [0.3, 0.4) is 0 Å². The Bertz CT molecular complexity index is 86.9. The molecule has 0 unspecified atom stereocenters. The third-order valence-electron chi connectivity index (χ3n) is 0.635. The van der Waals surface area contributed by atoms with Gasteiger partial charge in [0.1, 0.15) is 13.2 Å². The van der Waals surface area contributed by atoms with Gasteiger partial charge in [0.05, 0.1) is 0 Å². The second-order valence-corrected chi connectivity index (χ2v) is 1.18. The van der Waals surface area contributed by atoms with Crippen LogP contribution < -0.4 is 0 Å². The normalized spacial score (nSPS) is 19.1. The largest absolute Gasteiger partial charge is 0.490 e. The van der Waals surface area contributed by atoms with Gasteiger partial charge in [0.15, 0.2) is 6.26 Å². The van der Waals surface area contributed by atoms with Gasteiger partial charge in [-0.05, 0) is 0 Å². The summed E-state index contributed by atoms with van der Waals surface area (Å²) in [5, 5.41) is 8.42. The highest BCUT2D eigenvalue weighted by Gasteiger charge is 1.98. The first-order chi connectivity index (χ1) is 3.39. The van der Waals surface area contributed by atoms with Crippen LogP contribution >= 0.6 is 0 Å². The number of hydrogen-bond acceptors (Lipinski definition) is 3. The number of aliphatic hydroxyl groups excluding tert-OH is 1. The van der Waals surface area contributed by atoms with E-state index in [1.54, 1.807) is 0 Å². The highest BCUT2D eigenvalue weighted by atomic mass is 16.6. The predicted octanol–water partition coefficient (Wildman–Crippen LogP) is 0.390. The lowest BCUT2D eigenvalue weighted by atomic mass is 10.7. The van der Waals surface area contributed by atoms with Gasteiger partial charge in [-0.3, -0.25) is 0 Å². The van der Waals surface area contributed by atoms with Gasteiger partial charge in [-0.1, -0.05) is 0 Å². The fraction of sp³-hybridized carbons (Fsp3) is 0.500. The van der Waals surface area contributed by atoms with E-state index in [1.807, 2.05) is 0 Å². The Morgan fingerprint density at radius 3 is 2.71 bits per heavy atom. The van der Waals surface area contributed by atoms with Crippen LogP contribution in [-0.4, -0.2) is 18.3 Å². The third kappa shape index (κ3) is 0.994. The first-order valence-electron chi connectivity index (χ1n) is 2.03. The molecule has 0 radical (unpaired) electrons. The van der Waals surface area contributed by atoms with Crippen LogP contribution in [-0.2, 0) is 9.47 Å². The van der Waals surface area contributed by atoms with E-state index in [1.165, 1.54) is 6.26 Å². The smallest absolute Gasteiger partial charge is 0.313 e. The molecule has 1 heterocycles. The minimum Gasteiger partial charge on any atom is -0.490 e. The van der Waals surface area contributed by atoms with E-state index in [9.17, 15) is 0 Å². The molecule has 0 aromatic rings. The Hall–Kier alpha value is -0.860. The minimum absolute atomic E-state index is 0.133. The molecule has 3 nitrogen and oxygen atoms in total. The molecular formula is C4H6O3. The molecule has 0 aliphatic carbocycles. The fourth-order valence-corrected chi connectivity index (χ4v) is 0.359. The van der Waals surface area contributed by atoms with Gasteiger partial charge in [0, 0.05) is 0 Å². The Morgan fingerprint density at radius 2 is 2.43 bits per heavy atom. The lowest BCUT2D eigenvalue weighted by Crippen LogP contribution is -2.06. The molecule has 1 aliphatic rings. The van der Waals surface area contributed by atoms with Crippen molar-refractivity contribution in [1.82, 2.24) is 0 Å². The van der Waals surface area contributed by atoms with Crippen molar-refractivity contribution in [3.8, 4) is 0 Å². The molecule has 0 amide bonds. The van der Waals surface area contributed by atoms with E-state index in [0.717, 1.165) is 0 Å². The second kappa shape index (κ2) is 1.73. The summed E-state index contributed by atoms with van der Waals surface area (Å²) in [6.07, 6.45) is 1.18. The molecule has 0 saturated carbocycles. The molecule has 1 rings (SSSR count). The van der Waals surface area contributed by atoms with Crippen LogP contribution in [0.2, 0.25) is 0 Å². The molecule has 1 aliphatic heterocycles. The summed E-state index contributed by atoms with van der Waals surface area (Å²) >= 11 is 0. The average Bonchev–Trinajstić information content (AvgIpc) is 1.69. The summed E-state index contributed by atoms with van der Waals surface area (Å²) in [6.45, 7) is 0.979. The van der Waals surface area contributed by atoms with Gasteiger partial charge in [0.25, 0.3) is 0 Å².